The van der Waals surface area contributed by atoms with E-state index in [9.17, 15) is 14.4 Å². The third kappa shape index (κ3) is 5.28. The van der Waals surface area contributed by atoms with Gasteiger partial charge in [0.1, 0.15) is 5.76 Å². The fourth-order valence-corrected chi connectivity index (χ4v) is 2.34. The van der Waals surface area contributed by atoms with E-state index >= 15 is 0 Å². The van der Waals surface area contributed by atoms with Crippen molar-refractivity contribution in [2.45, 2.75) is 0 Å². The molecule has 3 rings (SSSR count). The molecule has 0 atom stereocenters. The number of hydrogen-bond acceptors (Lipinski definition) is 5. The van der Waals surface area contributed by atoms with E-state index in [2.05, 4.69) is 5.32 Å². The maximum Gasteiger partial charge on any atom is 0.331 e. The van der Waals surface area contributed by atoms with Crippen LogP contribution in [0.1, 0.15) is 26.5 Å². The second-order valence-corrected chi connectivity index (χ2v) is 5.78. The van der Waals surface area contributed by atoms with Gasteiger partial charge in [-0.2, -0.15) is 0 Å². The molecule has 1 N–H and O–H groups in total. The molecule has 0 saturated carbocycles. The van der Waals surface area contributed by atoms with Crippen molar-refractivity contribution >= 4 is 29.4 Å². The SMILES string of the molecule is O=C(/C=C/c1ccco1)OCC(=O)c1ccc(NC(=O)c2ccccc2)cc1. The lowest BCUT2D eigenvalue weighted by molar-refractivity contribution is -0.136. The lowest BCUT2D eigenvalue weighted by atomic mass is 10.1. The van der Waals surface area contributed by atoms with Gasteiger partial charge in [0.15, 0.2) is 12.4 Å². The van der Waals surface area contributed by atoms with E-state index in [-0.39, 0.29) is 18.3 Å². The summed E-state index contributed by atoms with van der Waals surface area (Å²) >= 11 is 0. The Morgan fingerprint density at radius 2 is 1.64 bits per heavy atom. The second-order valence-electron chi connectivity index (χ2n) is 5.78. The highest BCUT2D eigenvalue weighted by atomic mass is 16.5. The number of ketones is 1. The Hall–Kier alpha value is -3.93. The molecule has 1 heterocycles. The van der Waals surface area contributed by atoms with Crippen molar-refractivity contribution in [1.82, 2.24) is 0 Å². The van der Waals surface area contributed by atoms with E-state index in [4.69, 9.17) is 9.15 Å². The van der Waals surface area contributed by atoms with Gasteiger partial charge in [0.2, 0.25) is 0 Å². The van der Waals surface area contributed by atoms with Crippen molar-refractivity contribution in [2.75, 3.05) is 11.9 Å². The molecule has 0 radical (unpaired) electrons. The minimum Gasteiger partial charge on any atom is -0.465 e. The smallest absolute Gasteiger partial charge is 0.331 e. The molecule has 6 heteroatoms. The molecular weight excluding hydrogens is 358 g/mol. The van der Waals surface area contributed by atoms with Gasteiger partial charge in [-0.25, -0.2) is 4.79 Å². The highest BCUT2D eigenvalue weighted by molar-refractivity contribution is 6.04. The van der Waals surface area contributed by atoms with E-state index < -0.39 is 5.97 Å². The number of carbonyl (C=O) groups is 3. The minimum atomic E-state index is -0.642. The number of ether oxygens (including phenoxy) is 1. The van der Waals surface area contributed by atoms with E-state index in [0.29, 0.717) is 22.6 Å². The summed E-state index contributed by atoms with van der Waals surface area (Å²) < 4.78 is 9.98. The average molecular weight is 375 g/mol. The first kappa shape index (κ1) is 18.8. The van der Waals surface area contributed by atoms with Crippen LogP contribution in [0.2, 0.25) is 0 Å². The molecule has 0 aliphatic carbocycles. The standard InChI is InChI=1S/C22H17NO5/c24-20(15-28-21(25)13-12-19-7-4-14-27-19)16-8-10-18(11-9-16)23-22(26)17-5-2-1-3-6-17/h1-14H,15H2,(H,23,26)/b13-12+. The lowest BCUT2D eigenvalue weighted by Gasteiger charge is -2.06. The van der Waals surface area contributed by atoms with Gasteiger partial charge >= 0.3 is 5.97 Å². The van der Waals surface area contributed by atoms with Crippen LogP contribution >= 0.6 is 0 Å². The fraction of sp³-hybridized carbons (Fsp3) is 0.0455. The van der Waals surface area contributed by atoms with E-state index in [1.165, 1.54) is 18.4 Å². The third-order valence-electron chi connectivity index (χ3n) is 3.77. The molecule has 0 fully saturated rings. The van der Waals surface area contributed by atoms with Crippen molar-refractivity contribution < 1.29 is 23.5 Å². The minimum absolute atomic E-state index is 0.239. The van der Waals surface area contributed by atoms with Gasteiger partial charge in [-0.3, -0.25) is 9.59 Å². The van der Waals surface area contributed by atoms with Gasteiger partial charge < -0.3 is 14.5 Å². The average Bonchev–Trinajstić information content (AvgIpc) is 3.25. The van der Waals surface area contributed by atoms with Gasteiger partial charge in [-0.15, -0.1) is 0 Å². The predicted octanol–water partition coefficient (Wildman–Crippen LogP) is 3.97. The summed E-state index contributed by atoms with van der Waals surface area (Å²) in [5.74, 6) is -0.717. The van der Waals surface area contributed by atoms with Gasteiger partial charge in [-0.1, -0.05) is 18.2 Å². The first-order valence-corrected chi connectivity index (χ1v) is 8.50. The zero-order valence-corrected chi connectivity index (χ0v) is 14.8. The fourth-order valence-electron chi connectivity index (χ4n) is 2.34. The summed E-state index contributed by atoms with van der Waals surface area (Å²) in [6.45, 7) is -0.378. The molecule has 1 amide bonds. The normalized spacial score (nSPS) is 10.6. The second kappa shape index (κ2) is 9.14. The monoisotopic (exact) mass is 375 g/mol. The van der Waals surface area contributed by atoms with Crippen molar-refractivity contribution in [3.63, 3.8) is 0 Å². The van der Waals surface area contributed by atoms with Crippen LogP contribution in [-0.4, -0.2) is 24.3 Å². The summed E-state index contributed by atoms with van der Waals surface area (Å²) in [5.41, 5.74) is 1.47. The highest BCUT2D eigenvalue weighted by Crippen LogP contribution is 2.12. The molecular formula is C22H17NO5. The predicted molar refractivity (Wildman–Crippen MR) is 104 cm³/mol. The molecule has 0 saturated heterocycles. The Kier molecular flexibility index (Phi) is 6.15. The van der Waals surface area contributed by atoms with Crippen LogP contribution in [0.4, 0.5) is 5.69 Å². The Bertz CT molecular complexity index is 974. The molecule has 2 aromatic carbocycles. The summed E-state index contributed by atoms with van der Waals surface area (Å²) in [4.78, 5) is 35.9. The Balaban J connectivity index is 1.50. The third-order valence-corrected chi connectivity index (χ3v) is 3.77. The number of benzene rings is 2. The van der Waals surface area contributed by atoms with Crippen molar-refractivity contribution in [2.24, 2.45) is 0 Å². The zero-order valence-electron chi connectivity index (χ0n) is 14.8. The molecule has 0 spiro atoms. The number of Topliss-reactive ketones (excluding diaryl/α,β-unsaturated/α-hetero) is 1. The van der Waals surface area contributed by atoms with Crippen LogP contribution in [0.3, 0.4) is 0 Å². The maximum absolute atomic E-state index is 12.1. The summed E-state index contributed by atoms with van der Waals surface area (Å²) in [6.07, 6.45) is 4.13. The number of amides is 1. The highest BCUT2D eigenvalue weighted by Gasteiger charge is 2.10. The summed E-state index contributed by atoms with van der Waals surface area (Å²) in [6, 6.07) is 18.6. The van der Waals surface area contributed by atoms with Crippen molar-refractivity contribution in [3.05, 3.63) is 96.0 Å². The molecule has 0 unspecified atom stereocenters. The first-order chi connectivity index (χ1) is 13.6. The van der Waals surface area contributed by atoms with Crippen molar-refractivity contribution in [3.8, 4) is 0 Å². The zero-order chi connectivity index (χ0) is 19.8. The summed E-state index contributed by atoms with van der Waals surface area (Å²) in [7, 11) is 0. The van der Waals surface area contributed by atoms with Crippen LogP contribution in [0.25, 0.3) is 6.08 Å². The Morgan fingerprint density at radius 1 is 0.893 bits per heavy atom. The number of furan rings is 1. The maximum atomic E-state index is 12.1. The van der Waals surface area contributed by atoms with Gasteiger partial charge in [0.05, 0.1) is 6.26 Å². The number of anilines is 1. The van der Waals surface area contributed by atoms with Crippen LogP contribution < -0.4 is 5.32 Å². The molecule has 0 aliphatic rings. The molecule has 1 aromatic heterocycles. The quantitative estimate of drug-likeness (QED) is 0.384. The largest absolute Gasteiger partial charge is 0.465 e. The molecule has 3 aromatic rings. The number of esters is 1. The van der Waals surface area contributed by atoms with Crippen LogP contribution in [0, 0.1) is 0 Å². The van der Waals surface area contributed by atoms with Gasteiger partial charge in [0, 0.05) is 22.9 Å². The molecule has 0 bridgehead atoms. The Morgan fingerprint density at radius 3 is 2.32 bits per heavy atom. The number of hydrogen-bond donors (Lipinski definition) is 1. The van der Waals surface area contributed by atoms with E-state index in [0.717, 1.165) is 0 Å². The van der Waals surface area contributed by atoms with Gasteiger partial charge in [-0.05, 0) is 54.6 Å². The molecule has 140 valence electrons. The Labute approximate surface area is 161 Å². The van der Waals surface area contributed by atoms with Crippen LogP contribution in [-0.2, 0) is 9.53 Å². The molecule has 0 aliphatic heterocycles. The lowest BCUT2D eigenvalue weighted by Crippen LogP contribution is -2.13. The van der Waals surface area contributed by atoms with E-state index in [1.807, 2.05) is 6.07 Å². The number of carbonyl (C=O) groups excluding carboxylic acids is 3. The van der Waals surface area contributed by atoms with Crippen molar-refractivity contribution in [1.29, 1.82) is 0 Å². The van der Waals surface area contributed by atoms with E-state index in [1.54, 1.807) is 60.7 Å². The van der Waals surface area contributed by atoms with Gasteiger partial charge in [0.25, 0.3) is 5.91 Å². The molecule has 28 heavy (non-hydrogen) atoms. The first-order valence-electron chi connectivity index (χ1n) is 8.50. The van der Waals surface area contributed by atoms with Crippen LogP contribution in [0.5, 0.6) is 0 Å². The van der Waals surface area contributed by atoms with Crippen LogP contribution in [0.15, 0.2) is 83.5 Å². The topological polar surface area (TPSA) is 85.6 Å². The number of rotatable bonds is 7. The number of nitrogens with one attached hydrogen (secondary N) is 1. The molecule has 6 nitrogen and oxygen atoms in total. The summed E-state index contributed by atoms with van der Waals surface area (Å²) in [5, 5.41) is 2.75.